The third-order valence-corrected chi connectivity index (χ3v) is 17.8. The molecule has 1 fully saturated rings. The third-order valence-electron chi connectivity index (χ3n) is 3.56. The Morgan fingerprint density at radius 3 is 1.65 bits per heavy atom. The van der Waals surface area contributed by atoms with Gasteiger partial charge < -0.3 is 12.3 Å². The summed E-state index contributed by atoms with van der Waals surface area (Å²) in [7, 11) is -6.40. The zero-order valence-corrected chi connectivity index (χ0v) is 15.0. The Bertz CT molecular complexity index is 280. The zero-order valence-electron chi connectivity index (χ0n) is 12.0. The molecular weight excluding hydrogens is 264 g/mol. The minimum Gasteiger partial charge on any atom is -0.416 e. The van der Waals surface area contributed by atoms with Crippen molar-refractivity contribution >= 4 is 25.7 Å². The van der Waals surface area contributed by atoms with Crippen LogP contribution in [0.1, 0.15) is 27.7 Å². The van der Waals surface area contributed by atoms with Crippen LogP contribution in [0.2, 0.25) is 30.7 Å². The lowest BCUT2D eigenvalue weighted by Crippen LogP contribution is -2.68. The molecule has 0 aromatic carbocycles. The fraction of sp³-hybridized carbons (Fsp3) is 0.818. The second-order valence-corrected chi connectivity index (χ2v) is 16.8. The topological polar surface area (TPSA) is 27.7 Å². The van der Waals surface area contributed by atoms with Crippen LogP contribution in [0.4, 0.5) is 0 Å². The monoisotopic (exact) mass is 290 g/mol. The highest BCUT2D eigenvalue weighted by Crippen LogP contribution is 2.39. The van der Waals surface area contributed by atoms with Crippen LogP contribution in [0.15, 0.2) is 12.3 Å². The van der Waals surface area contributed by atoms with Crippen molar-refractivity contribution < 1.29 is 12.3 Å². The van der Waals surface area contributed by atoms with Gasteiger partial charge in [0.2, 0.25) is 0 Å². The van der Waals surface area contributed by atoms with Crippen LogP contribution in [0.3, 0.4) is 0 Å². The molecule has 17 heavy (non-hydrogen) atoms. The normalized spacial score (nSPS) is 42.8. The molecule has 1 aliphatic rings. The molecule has 0 saturated carbocycles. The lowest BCUT2D eigenvalue weighted by molar-refractivity contribution is 0.222. The summed E-state index contributed by atoms with van der Waals surface area (Å²) in [5, 5.41) is 0. The van der Waals surface area contributed by atoms with Gasteiger partial charge in [-0.25, -0.2) is 0 Å². The average Bonchev–Trinajstić information content (AvgIpc) is 2.27. The molecule has 100 valence electrons. The maximum absolute atomic E-state index is 6.37. The van der Waals surface area contributed by atoms with E-state index in [1.54, 1.807) is 0 Å². The van der Waals surface area contributed by atoms with E-state index >= 15 is 0 Å². The Hall–Kier alpha value is 0.271. The maximum Gasteiger partial charge on any atom is 0.349 e. The van der Waals surface area contributed by atoms with Gasteiger partial charge >= 0.3 is 25.7 Å². The second kappa shape index (κ2) is 5.10. The van der Waals surface area contributed by atoms with E-state index in [4.69, 9.17) is 12.3 Å². The van der Waals surface area contributed by atoms with Gasteiger partial charge in [0, 0.05) is 0 Å². The summed E-state index contributed by atoms with van der Waals surface area (Å²) < 4.78 is 19.0. The average molecular weight is 291 g/mol. The van der Waals surface area contributed by atoms with Crippen LogP contribution in [0, 0.1) is 0 Å². The van der Waals surface area contributed by atoms with Crippen molar-refractivity contribution in [2.24, 2.45) is 0 Å². The van der Waals surface area contributed by atoms with Crippen molar-refractivity contribution in [1.29, 1.82) is 0 Å². The molecule has 1 saturated heterocycles. The fourth-order valence-electron chi connectivity index (χ4n) is 2.04. The number of hydrogen-bond acceptors (Lipinski definition) is 3. The highest BCUT2D eigenvalue weighted by Gasteiger charge is 2.57. The van der Waals surface area contributed by atoms with Crippen molar-refractivity contribution in [2.75, 3.05) is 0 Å². The molecule has 0 aromatic rings. The van der Waals surface area contributed by atoms with Crippen LogP contribution in [-0.4, -0.2) is 25.7 Å². The van der Waals surface area contributed by atoms with Gasteiger partial charge in [0.05, 0.1) is 0 Å². The molecular formula is C11H26O3Si3. The minimum atomic E-state index is -2.28. The maximum atomic E-state index is 6.37. The molecule has 0 bridgehead atoms. The van der Waals surface area contributed by atoms with Gasteiger partial charge in [-0.15, -0.1) is 6.58 Å². The Kier molecular flexibility index (Phi) is 4.60. The van der Waals surface area contributed by atoms with E-state index in [0.717, 1.165) is 12.1 Å². The first kappa shape index (κ1) is 15.3. The summed E-state index contributed by atoms with van der Waals surface area (Å²) in [5.41, 5.74) is 2.35. The smallest absolute Gasteiger partial charge is 0.349 e. The lowest BCUT2D eigenvalue weighted by atomic mass is 10.6. The molecule has 0 amide bonds. The molecule has 0 spiro atoms. The minimum absolute atomic E-state index is 0.389. The SMILES string of the molecule is C=C[Si]1(C(C)C)O[Si](C)(CC)O[Si](C)(CC)O1. The standard InChI is InChI=1S/C11H26O3Si3/c1-8-15(6)12-16(7,9-2)14-17(10-3,13-15)11(4)5/h10-11H,3,8-9H2,1-2,4-7H3. The van der Waals surface area contributed by atoms with E-state index in [1.807, 2.05) is 5.70 Å². The van der Waals surface area contributed by atoms with Gasteiger partial charge in [0.15, 0.2) is 0 Å². The molecule has 1 heterocycles. The summed E-state index contributed by atoms with van der Waals surface area (Å²) in [6.45, 7) is 17.0. The number of hydrogen-bond donors (Lipinski definition) is 0. The molecule has 1 rings (SSSR count). The summed E-state index contributed by atoms with van der Waals surface area (Å²) in [5.74, 6) is 0. The van der Waals surface area contributed by atoms with Crippen molar-refractivity contribution in [3.05, 3.63) is 12.3 Å². The Morgan fingerprint density at radius 2 is 1.41 bits per heavy atom. The Morgan fingerprint density at radius 1 is 1.00 bits per heavy atom. The quantitative estimate of drug-likeness (QED) is 0.737. The first-order valence-corrected chi connectivity index (χ1v) is 13.5. The van der Waals surface area contributed by atoms with Gasteiger partial charge in [-0.05, 0) is 30.7 Å². The molecule has 1 aliphatic heterocycles. The lowest BCUT2D eigenvalue weighted by Gasteiger charge is -2.51. The predicted octanol–water partition coefficient (Wildman–Crippen LogP) is 3.81. The van der Waals surface area contributed by atoms with Gasteiger partial charge in [0.25, 0.3) is 0 Å². The molecule has 2 unspecified atom stereocenters. The fourth-order valence-corrected chi connectivity index (χ4v) is 18.0. The highest BCUT2D eigenvalue weighted by atomic mass is 28.5. The number of rotatable bonds is 4. The van der Waals surface area contributed by atoms with Crippen molar-refractivity contribution in [3.8, 4) is 0 Å². The molecule has 3 nitrogen and oxygen atoms in total. The molecule has 6 heteroatoms. The van der Waals surface area contributed by atoms with Gasteiger partial charge in [-0.3, -0.25) is 0 Å². The summed E-state index contributed by atoms with van der Waals surface area (Å²) in [4.78, 5) is 0. The van der Waals surface area contributed by atoms with Crippen LogP contribution in [0.5, 0.6) is 0 Å². The van der Waals surface area contributed by atoms with Crippen molar-refractivity contribution in [1.82, 2.24) is 0 Å². The van der Waals surface area contributed by atoms with Crippen LogP contribution in [-0.2, 0) is 12.3 Å². The molecule has 0 radical (unpaired) electrons. The van der Waals surface area contributed by atoms with E-state index in [9.17, 15) is 0 Å². The first-order chi connectivity index (χ1) is 7.75. The van der Waals surface area contributed by atoms with E-state index < -0.39 is 25.7 Å². The Labute approximate surface area is 109 Å². The predicted molar refractivity (Wildman–Crippen MR) is 78.5 cm³/mol. The van der Waals surface area contributed by atoms with Crippen molar-refractivity contribution in [3.63, 3.8) is 0 Å². The van der Waals surface area contributed by atoms with Crippen LogP contribution >= 0.6 is 0 Å². The third kappa shape index (κ3) is 2.99. The molecule has 0 N–H and O–H groups in total. The molecule has 0 aliphatic carbocycles. The molecule has 2 atom stereocenters. The van der Waals surface area contributed by atoms with Gasteiger partial charge in [0.1, 0.15) is 0 Å². The largest absolute Gasteiger partial charge is 0.416 e. The van der Waals surface area contributed by atoms with Crippen LogP contribution in [0.25, 0.3) is 0 Å². The van der Waals surface area contributed by atoms with Crippen molar-refractivity contribution in [2.45, 2.75) is 58.4 Å². The summed E-state index contributed by atoms with van der Waals surface area (Å²) in [6.07, 6.45) is 0. The van der Waals surface area contributed by atoms with E-state index in [2.05, 4.69) is 47.4 Å². The van der Waals surface area contributed by atoms with E-state index in [0.29, 0.717) is 5.54 Å². The van der Waals surface area contributed by atoms with E-state index in [1.165, 1.54) is 0 Å². The summed E-state index contributed by atoms with van der Waals surface area (Å²) >= 11 is 0. The highest BCUT2D eigenvalue weighted by molar-refractivity contribution is 6.96. The molecule has 0 aromatic heterocycles. The zero-order chi connectivity index (χ0) is 13.3. The first-order valence-electron chi connectivity index (χ1n) is 6.49. The summed E-state index contributed by atoms with van der Waals surface area (Å²) in [6, 6.07) is 1.96. The van der Waals surface area contributed by atoms with Crippen LogP contribution < -0.4 is 0 Å². The van der Waals surface area contributed by atoms with Gasteiger partial charge in [-0.1, -0.05) is 33.4 Å². The van der Waals surface area contributed by atoms with Gasteiger partial charge in [-0.2, -0.15) is 0 Å². The van der Waals surface area contributed by atoms with E-state index in [-0.39, 0.29) is 0 Å². The second-order valence-electron chi connectivity index (χ2n) is 5.36. The Balaban J connectivity index is 3.13.